The highest BCUT2D eigenvalue weighted by Crippen LogP contribution is 2.35. The Balaban J connectivity index is 1.44. The molecule has 1 fully saturated rings. The van der Waals surface area contributed by atoms with E-state index in [0.29, 0.717) is 47.7 Å². The molecule has 170 valence electrons. The molecule has 0 N–H and O–H groups in total. The number of anilines is 1. The molecule has 0 saturated carbocycles. The number of halogens is 1. The van der Waals surface area contributed by atoms with Gasteiger partial charge in [-0.05, 0) is 48.7 Å². The minimum Gasteiger partial charge on any atom is -0.493 e. The molecular formula is C23H25BrN2O4S2. The highest BCUT2D eigenvalue weighted by molar-refractivity contribution is 9.08. The fourth-order valence-electron chi connectivity index (χ4n) is 3.86. The van der Waals surface area contributed by atoms with Crippen LogP contribution in [0.15, 0.2) is 52.7 Å². The predicted molar refractivity (Wildman–Crippen MR) is 132 cm³/mol. The maximum Gasteiger partial charge on any atom is 0.185 e. The summed E-state index contributed by atoms with van der Waals surface area (Å²) < 4.78 is 36.8. The van der Waals surface area contributed by atoms with Gasteiger partial charge in [-0.3, -0.25) is 0 Å². The second-order valence-electron chi connectivity index (χ2n) is 7.59. The van der Waals surface area contributed by atoms with Gasteiger partial charge in [-0.25, -0.2) is 13.4 Å². The normalized spacial score (nSPS) is 15.0. The molecule has 1 aliphatic heterocycles. The Labute approximate surface area is 201 Å². The van der Waals surface area contributed by atoms with Gasteiger partial charge in [-0.15, -0.1) is 11.3 Å². The van der Waals surface area contributed by atoms with Crippen LogP contribution in [0.3, 0.4) is 0 Å². The molecule has 6 nitrogen and oxygen atoms in total. The van der Waals surface area contributed by atoms with E-state index in [-0.39, 0.29) is 5.25 Å². The van der Waals surface area contributed by atoms with E-state index in [1.54, 1.807) is 37.7 Å². The molecular weight excluding hydrogens is 512 g/mol. The molecule has 3 aromatic rings. The number of methoxy groups -OCH3 is 2. The lowest BCUT2D eigenvalue weighted by Gasteiger charge is -2.31. The van der Waals surface area contributed by atoms with E-state index in [4.69, 9.17) is 14.5 Å². The van der Waals surface area contributed by atoms with Crippen molar-refractivity contribution >= 4 is 42.2 Å². The topological polar surface area (TPSA) is 68.7 Å². The minimum atomic E-state index is -3.33. The first kappa shape index (κ1) is 23.1. The van der Waals surface area contributed by atoms with Gasteiger partial charge in [0.05, 0.1) is 30.1 Å². The first-order valence-electron chi connectivity index (χ1n) is 10.3. The summed E-state index contributed by atoms with van der Waals surface area (Å²) in [5.41, 5.74) is 2.88. The van der Waals surface area contributed by atoms with E-state index in [2.05, 4.69) is 20.8 Å². The number of rotatable bonds is 7. The molecule has 4 rings (SSSR count). The van der Waals surface area contributed by atoms with Crippen molar-refractivity contribution in [3.63, 3.8) is 0 Å². The summed E-state index contributed by atoms with van der Waals surface area (Å²) >= 11 is 4.97. The fourth-order valence-corrected chi connectivity index (χ4v) is 6.85. The molecule has 32 heavy (non-hydrogen) atoms. The maximum absolute atomic E-state index is 13.1. The number of piperidine rings is 1. The van der Waals surface area contributed by atoms with Gasteiger partial charge in [0.15, 0.2) is 26.5 Å². The molecule has 0 bridgehead atoms. The summed E-state index contributed by atoms with van der Waals surface area (Å²) in [4.78, 5) is 7.38. The van der Waals surface area contributed by atoms with Crippen molar-refractivity contribution in [2.75, 3.05) is 32.2 Å². The number of sulfone groups is 1. The van der Waals surface area contributed by atoms with E-state index in [9.17, 15) is 8.42 Å². The molecule has 0 amide bonds. The largest absolute Gasteiger partial charge is 0.493 e. The lowest BCUT2D eigenvalue weighted by Crippen LogP contribution is -2.39. The Morgan fingerprint density at radius 1 is 1.06 bits per heavy atom. The van der Waals surface area contributed by atoms with Gasteiger partial charge in [0.25, 0.3) is 0 Å². The molecule has 2 heterocycles. The molecule has 0 atom stereocenters. The van der Waals surface area contributed by atoms with Crippen molar-refractivity contribution in [1.82, 2.24) is 4.98 Å². The summed E-state index contributed by atoms with van der Waals surface area (Å²) in [7, 11) is -0.104. The lowest BCUT2D eigenvalue weighted by atomic mass is 10.1. The number of hydrogen-bond donors (Lipinski definition) is 0. The summed E-state index contributed by atoms with van der Waals surface area (Å²) in [6, 6.07) is 12.9. The van der Waals surface area contributed by atoms with Crippen LogP contribution in [0.1, 0.15) is 18.4 Å². The smallest absolute Gasteiger partial charge is 0.185 e. The third kappa shape index (κ3) is 4.65. The van der Waals surface area contributed by atoms with E-state index in [0.717, 1.165) is 22.0 Å². The highest BCUT2D eigenvalue weighted by Gasteiger charge is 2.32. The second kappa shape index (κ2) is 9.80. The molecule has 0 radical (unpaired) electrons. The van der Waals surface area contributed by atoms with Crippen LogP contribution in [0.5, 0.6) is 11.5 Å². The Kier molecular flexibility index (Phi) is 7.07. The zero-order valence-corrected chi connectivity index (χ0v) is 21.2. The highest BCUT2D eigenvalue weighted by atomic mass is 79.9. The molecule has 1 aromatic heterocycles. The van der Waals surface area contributed by atoms with Gasteiger partial charge in [-0.1, -0.05) is 28.1 Å². The summed E-state index contributed by atoms with van der Waals surface area (Å²) in [6.45, 7) is 1.34. The fraction of sp³-hybridized carbons (Fsp3) is 0.348. The molecule has 9 heteroatoms. The zero-order chi connectivity index (χ0) is 22.7. The maximum atomic E-state index is 13.1. The average molecular weight is 538 g/mol. The van der Waals surface area contributed by atoms with Crippen LogP contribution in [-0.2, 0) is 15.2 Å². The summed E-state index contributed by atoms with van der Waals surface area (Å²) in [5, 5.41) is 3.28. The van der Waals surface area contributed by atoms with E-state index >= 15 is 0 Å². The Bertz CT molecular complexity index is 1170. The van der Waals surface area contributed by atoms with Crippen LogP contribution in [0, 0.1) is 0 Å². The van der Waals surface area contributed by atoms with Crippen LogP contribution >= 0.6 is 27.3 Å². The number of aromatic nitrogens is 1. The van der Waals surface area contributed by atoms with Gasteiger partial charge in [-0.2, -0.15) is 0 Å². The van der Waals surface area contributed by atoms with Gasteiger partial charge in [0.1, 0.15) is 0 Å². The number of thiazole rings is 1. The Morgan fingerprint density at radius 2 is 1.75 bits per heavy atom. The third-order valence-corrected chi connectivity index (χ3v) is 9.56. The van der Waals surface area contributed by atoms with Gasteiger partial charge in [0, 0.05) is 29.4 Å². The monoisotopic (exact) mass is 536 g/mol. The van der Waals surface area contributed by atoms with Crippen LogP contribution < -0.4 is 14.4 Å². The standard InChI is InChI=1S/C23H25BrN2O4S2/c1-29-21-8-5-17(13-22(21)30-2)20-15-31-23(25-20)26-11-9-19(10-12-26)32(27,28)18-6-3-16(14-24)4-7-18/h3-8,13,15,19H,9-12,14H2,1-2H3. The predicted octanol–water partition coefficient (Wildman–Crippen LogP) is 5.16. The zero-order valence-electron chi connectivity index (χ0n) is 18.0. The molecule has 0 unspecified atom stereocenters. The quantitative estimate of drug-likeness (QED) is 0.388. The third-order valence-electron chi connectivity index (χ3n) is 5.73. The minimum absolute atomic E-state index is 0.362. The van der Waals surface area contributed by atoms with Gasteiger partial charge in [0.2, 0.25) is 0 Å². The van der Waals surface area contributed by atoms with E-state index in [1.807, 2.05) is 35.7 Å². The van der Waals surface area contributed by atoms with Crippen molar-refractivity contribution in [3.05, 3.63) is 53.4 Å². The van der Waals surface area contributed by atoms with Crippen LogP contribution in [-0.4, -0.2) is 46.0 Å². The molecule has 0 spiro atoms. The van der Waals surface area contributed by atoms with E-state index in [1.165, 1.54) is 0 Å². The summed E-state index contributed by atoms with van der Waals surface area (Å²) in [5.74, 6) is 1.34. The van der Waals surface area contributed by atoms with Crippen molar-refractivity contribution in [3.8, 4) is 22.8 Å². The van der Waals surface area contributed by atoms with Crippen molar-refractivity contribution in [2.24, 2.45) is 0 Å². The number of alkyl halides is 1. The summed E-state index contributed by atoms with van der Waals surface area (Å²) in [6.07, 6.45) is 1.18. The van der Waals surface area contributed by atoms with Crippen LogP contribution in [0.25, 0.3) is 11.3 Å². The molecule has 0 aliphatic carbocycles. The number of nitrogens with zero attached hydrogens (tertiary/aromatic N) is 2. The Morgan fingerprint density at radius 3 is 2.38 bits per heavy atom. The van der Waals surface area contributed by atoms with Crippen molar-refractivity contribution < 1.29 is 17.9 Å². The van der Waals surface area contributed by atoms with Crippen molar-refractivity contribution in [1.29, 1.82) is 0 Å². The molecule has 1 saturated heterocycles. The van der Waals surface area contributed by atoms with Crippen LogP contribution in [0.2, 0.25) is 0 Å². The average Bonchev–Trinajstić information content (AvgIpc) is 3.34. The van der Waals surface area contributed by atoms with Gasteiger partial charge < -0.3 is 14.4 Å². The van der Waals surface area contributed by atoms with Crippen molar-refractivity contribution in [2.45, 2.75) is 28.3 Å². The first-order chi connectivity index (χ1) is 15.5. The molecule has 1 aliphatic rings. The van der Waals surface area contributed by atoms with E-state index < -0.39 is 9.84 Å². The first-order valence-corrected chi connectivity index (χ1v) is 13.8. The second-order valence-corrected chi connectivity index (χ2v) is 11.2. The number of benzene rings is 2. The van der Waals surface area contributed by atoms with Crippen LogP contribution in [0.4, 0.5) is 5.13 Å². The lowest BCUT2D eigenvalue weighted by molar-refractivity contribution is 0.355. The SMILES string of the molecule is COc1ccc(-c2csc(N3CCC(S(=O)(=O)c4ccc(CBr)cc4)CC3)n2)cc1OC. The number of ether oxygens (including phenoxy) is 2. The Hall–Kier alpha value is -2.10. The molecule has 2 aromatic carbocycles. The van der Waals surface area contributed by atoms with Gasteiger partial charge >= 0.3 is 0 Å². The number of hydrogen-bond acceptors (Lipinski definition) is 7.